The van der Waals surface area contributed by atoms with E-state index in [0.29, 0.717) is 32.2 Å². The molecule has 0 aliphatic carbocycles. The highest BCUT2D eigenvalue weighted by Crippen LogP contribution is 2.16. The van der Waals surface area contributed by atoms with Crippen LogP contribution in [0.1, 0.15) is 162 Å². The largest absolute Gasteiger partial charge is 0.481 e. The van der Waals surface area contributed by atoms with Crippen LogP contribution in [-0.2, 0) is 43.7 Å². The third-order valence-corrected chi connectivity index (χ3v) is 9.61. The Morgan fingerprint density at radius 1 is 0.556 bits per heavy atom. The molecule has 0 bridgehead atoms. The molecular weight excluding hydrogens is 726 g/mol. The zero-order chi connectivity index (χ0) is 40.1. The Bertz CT molecular complexity index is 1240. The van der Waals surface area contributed by atoms with E-state index in [0.717, 1.165) is 70.6 Å². The van der Waals surface area contributed by atoms with Gasteiger partial charge >= 0.3 is 17.9 Å². The molecule has 0 aromatic heterocycles. The van der Waals surface area contributed by atoms with Gasteiger partial charge in [0.1, 0.15) is 17.8 Å². The second-order valence-electron chi connectivity index (χ2n) is 13.6. The number of carbonyl (C=O) groups excluding carboxylic acids is 4. The van der Waals surface area contributed by atoms with Gasteiger partial charge in [-0.2, -0.15) is 8.42 Å². The quantitative estimate of drug-likeness (QED) is 0.0328. The molecule has 3 amide bonds. The zero-order valence-corrected chi connectivity index (χ0v) is 32.1. The summed E-state index contributed by atoms with van der Waals surface area (Å²) in [5.74, 6) is -8.53. The number of carbonyl (C=O) groups is 7. The first-order chi connectivity index (χ1) is 25.0. The van der Waals surface area contributed by atoms with Crippen molar-refractivity contribution in [2.45, 2.75) is 174 Å². The molecule has 7 N–H and O–H groups in total. The van der Waals surface area contributed by atoms with E-state index in [4.69, 9.17) is 5.11 Å². The number of hydrogen-bond donors (Lipinski definition) is 7. The van der Waals surface area contributed by atoms with Gasteiger partial charge in [0.05, 0.1) is 5.92 Å². The van der Waals surface area contributed by atoms with E-state index in [2.05, 4.69) is 16.0 Å². The summed E-state index contributed by atoms with van der Waals surface area (Å²) in [7, 11) is -4.73. The second-order valence-corrected chi connectivity index (χ2v) is 15.1. The summed E-state index contributed by atoms with van der Waals surface area (Å²) >= 11 is 0. The van der Waals surface area contributed by atoms with Crippen LogP contribution in [0, 0.1) is 5.92 Å². The van der Waals surface area contributed by atoms with Crippen molar-refractivity contribution in [1.82, 2.24) is 16.0 Å². The Morgan fingerprint density at radius 3 is 1.46 bits per heavy atom. The standard InChI is InChI=1S/C36H63N3O13S.CH4/c1-2-31(41)37-24-18-17-19-28(36(48)49)38-33(43)23-22-27(35(46)47)25-30(40)29(26-53(50,51)52)39-32(42)20-15-13-11-9-7-5-3-4-6-8-10-12-14-16-21-34(44)45;/h27-29H,2-26H2,1H3,(H,37,41)(H,38,43)(H,39,42)(H,44,45)(H,46,47)(H,48,49)(H,50,51,52);1H4. The van der Waals surface area contributed by atoms with Crippen molar-refractivity contribution >= 4 is 51.5 Å². The van der Waals surface area contributed by atoms with Crippen molar-refractivity contribution in [2.24, 2.45) is 5.92 Å². The minimum Gasteiger partial charge on any atom is -0.481 e. The lowest BCUT2D eigenvalue weighted by Crippen LogP contribution is -2.46. The normalized spacial score (nSPS) is 12.8. The lowest BCUT2D eigenvalue weighted by Gasteiger charge is -2.19. The van der Waals surface area contributed by atoms with Crippen LogP contribution in [0.2, 0.25) is 0 Å². The summed E-state index contributed by atoms with van der Waals surface area (Å²) in [6.45, 7) is 2.05. The summed E-state index contributed by atoms with van der Waals surface area (Å²) in [6.07, 6.45) is 13.8. The van der Waals surface area contributed by atoms with E-state index in [1.54, 1.807) is 6.92 Å². The van der Waals surface area contributed by atoms with Gasteiger partial charge in [0.2, 0.25) is 17.7 Å². The van der Waals surface area contributed by atoms with Crippen molar-refractivity contribution in [1.29, 1.82) is 0 Å². The number of Topliss-reactive ketones (excluding diaryl/α,β-unsaturated/α-hetero) is 1. The zero-order valence-electron chi connectivity index (χ0n) is 31.3. The van der Waals surface area contributed by atoms with Crippen LogP contribution in [0.4, 0.5) is 0 Å². The Hall–Kier alpha value is -3.60. The van der Waals surface area contributed by atoms with Gasteiger partial charge in [-0.25, -0.2) is 4.79 Å². The van der Waals surface area contributed by atoms with Crippen molar-refractivity contribution < 1.29 is 61.9 Å². The van der Waals surface area contributed by atoms with Crippen LogP contribution in [0.15, 0.2) is 0 Å². The number of carboxylic acids is 3. The van der Waals surface area contributed by atoms with Crippen LogP contribution in [-0.4, -0.2) is 94.1 Å². The second kappa shape index (κ2) is 31.7. The van der Waals surface area contributed by atoms with Gasteiger partial charge in [-0.15, -0.1) is 0 Å². The maximum atomic E-state index is 13.0. The third-order valence-electron chi connectivity index (χ3n) is 8.86. The van der Waals surface area contributed by atoms with Gasteiger partial charge in [-0.3, -0.25) is 33.3 Å². The smallest absolute Gasteiger partial charge is 0.326 e. The molecule has 3 atom stereocenters. The molecule has 0 radical (unpaired) electrons. The lowest BCUT2D eigenvalue weighted by atomic mass is 9.94. The Kier molecular flexibility index (Phi) is 30.8. The van der Waals surface area contributed by atoms with E-state index in [1.807, 2.05) is 0 Å². The molecule has 16 nitrogen and oxygen atoms in total. The summed E-state index contributed by atoms with van der Waals surface area (Å²) in [6, 6.07) is -2.94. The number of nitrogens with one attached hydrogen (secondary N) is 3. The maximum absolute atomic E-state index is 13.0. The number of hydrogen-bond acceptors (Lipinski definition) is 9. The average molecular weight is 794 g/mol. The summed E-state index contributed by atoms with van der Waals surface area (Å²) in [5.41, 5.74) is 0. The number of amides is 3. The minimum absolute atomic E-state index is 0. The molecule has 0 saturated heterocycles. The fourth-order valence-corrected chi connectivity index (χ4v) is 6.42. The van der Waals surface area contributed by atoms with E-state index in [1.165, 1.54) is 12.8 Å². The van der Waals surface area contributed by atoms with Gasteiger partial charge in [0, 0.05) is 38.6 Å². The van der Waals surface area contributed by atoms with Gasteiger partial charge in [0.25, 0.3) is 10.1 Å². The molecule has 0 fully saturated rings. The molecule has 17 heteroatoms. The molecule has 0 aromatic carbocycles. The van der Waals surface area contributed by atoms with Crippen molar-refractivity contribution in [3.05, 3.63) is 0 Å². The summed E-state index contributed by atoms with van der Waals surface area (Å²) in [4.78, 5) is 83.3. The van der Waals surface area contributed by atoms with Crippen LogP contribution in [0.25, 0.3) is 0 Å². The van der Waals surface area contributed by atoms with Crippen LogP contribution in [0.3, 0.4) is 0 Å². The van der Waals surface area contributed by atoms with Gasteiger partial charge < -0.3 is 31.3 Å². The monoisotopic (exact) mass is 793 g/mol. The first-order valence-electron chi connectivity index (χ1n) is 19.1. The first kappa shape index (κ1) is 52.5. The van der Waals surface area contributed by atoms with Crippen LogP contribution < -0.4 is 16.0 Å². The van der Waals surface area contributed by atoms with Gasteiger partial charge in [-0.05, 0) is 38.5 Å². The van der Waals surface area contributed by atoms with Crippen LogP contribution >= 0.6 is 0 Å². The number of aliphatic carboxylic acids is 3. The topological polar surface area (TPSA) is 271 Å². The predicted octanol–water partition coefficient (Wildman–Crippen LogP) is 5.03. The predicted molar refractivity (Wildman–Crippen MR) is 203 cm³/mol. The van der Waals surface area contributed by atoms with Crippen molar-refractivity contribution in [3.63, 3.8) is 0 Å². The van der Waals surface area contributed by atoms with Crippen molar-refractivity contribution in [2.75, 3.05) is 12.3 Å². The molecule has 0 heterocycles. The van der Waals surface area contributed by atoms with E-state index < -0.39 is 82.2 Å². The molecular formula is C37H67N3O13S. The van der Waals surface area contributed by atoms with Gasteiger partial charge in [0.15, 0.2) is 5.78 Å². The summed E-state index contributed by atoms with van der Waals surface area (Å²) < 4.78 is 32.6. The Balaban J connectivity index is 0. The third kappa shape index (κ3) is 30.8. The molecule has 0 rings (SSSR count). The SMILES string of the molecule is C.CCC(=O)NCCCCC(NC(=O)CCC(CC(=O)C(CS(=O)(=O)O)NC(=O)CCCCCCCCCCCCCCCCC(=O)O)C(=O)O)C(=O)O. The molecule has 0 saturated carbocycles. The van der Waals surface area contributed by atoms with E-state index >= 15 is 0 Å². The Morgan fingerprint density at radius 2 is 1.02 bits per heavy atom. The van der Waals surface area contributed by atoms with Crippen LogP contribution in [0.5, 0.6) is 0 Å². The van der Waals surface area contributed by atoms with E-state index in [9.17, 15) is 56.7 Å². The molecule has 3 unspecified atom stereocenters. The number of unbranched alkanes of at least 4 members (excludes halogenated alkanes) is 14. The average Bonchev–Trinajstić information content (AvgIpc) is 3.07. The highest BCUT2D eigenvalue weighted by Gasteiger charge is 2.31. The minimum atomic E-state index is -4.73. The number of rotatable bonds is 35. The molecule has 314 valence electrons. The molecule has 54 heavy (non-hydrogen) atoms. The summed E-state index contributed by atoms with van der Waals surface area (Å²) in [5, 5.41) is 35.0. The molecule has 0 aliphatic rings. The highest BCUT2D eigenvalue weighted by atomic mass is 32.2. The fourth-order valence-electron chi connectivity index (χ4n) is 5.73. The fraction of sp³-hybridized carbons (Fsp3) is 0.811. The van der Waals surface area contributed by atoms with E-state index in [-0.39, 0.29) is 39.0 Å². The van der Waals surface area contributed by atoms with Crippen molar-refractivity contribution in [3.8, 4) is 0 Å². The Labute approximate surface area is 321 Å². The lowest BCUT2D eigenvalue weighted by molar-refractivity contribution is -0.145. The number of ketones is 1. The first-order valence-corrected chi connectivity index (χ1v) is 20.7. The maximum Gasteiger partial charge on any atom is 0.326 e. The molecule has 0 aliphatic heterocycles. The highest BCUT2D eigenvalue weighted by molar-refractivity contribution is 7.85. The molecule has 0 aromatic rings. The molecule has 0 spiro atoms. The van der Waals surface area contributed by atoms with Gasteiger partial charge in [-0.1, -0.05) is 91.4 Å². The number of carboxylic acid groups (broad SMARTS) is 3.